The number of hydrogen-bond acceptors (Lipinski definition) is 2. The van der Waals surface area contributed by atoms with Crippen molar-refractivity contribution in [2.75, 3.05) is 0 Å². The lowest BCUT2D eigenvalue weighted by molar-refractivity contribution is 0.476. The molecule has 12 heavy (non-hydrogen) atoms. The maximum absolute atomic E-state index is 9.19. The first-order valence-electron chi connectivity index (χ1n) is 3.81. The summed E-state index contributed by atoms with van der Waals surface area (Å²) in [6.07, 6.45) is 1.82. The number of aromatic hydroxyl groups is 1. The van der Waals surface area contributed by atoms with Crippen LogP contribution in [0.15, 0.2) is 30.5 Å². The van der Waals surface area contributed by atoms with Crippen LogP contribution in [0.25, 0.3) is 10.9 Å². The second-order valence-electron chi connectivity index (χ2n) is 2.89. The van der Waals surface area contributed by atoms with Crippen LogP contribution in [0.1, 0.15) is 5.56 Å². The molecule has 2 nitrogen and oxygen atoms in total. The van der Waals surface area contributed by atoms with Crippen LogP contribution in [0.4, 0.5) is 0 Å². The lowest BCUT2D eigenvalue weighted by Crippen LogP contribution is -1.79. The summed E-state index contributed by atoms with van der Waals surface area (Å²) in [5, 5.41) is 10.2. The molecule has 0 saturated carbocycles. The molecule has 0 saturated heterocycles. The number of aryl methyl sites for hydroxylation is 1. The molecule has 0 atom stereocenters. The van der Waals surface area contributed by atoms with Crippen LogP contribution >= 0.6 is 0 Å². The third kappa shape index (κ3) is 1.11. The topological polar surface area (TPSA) is 33.1 Å². The number of fused-ring (bicyclic) bond motifs is 1. The van der Waals surface area contributed by atoms with Crippen LogP contribution in [-0.4, -0.2) is 10.1 Å². The predicted octanol–water partition coefficient (Wildman–Crippen LogP) is 2.25. The van der Waals surface area contributed by atoms with Crippen molar-refractivity contribution in [2.45, 2.75) is 6.92 Å². The minimum absolute atomic E-state index is 0.287. The highest BCUT2D eigenvalue weighted by Crippen LogP contribution is 2.18. The van der Waals surface area contributed by atoms with Crippen molar-refractivity contribution in [2.24, 2.45) is 0 Å². The molecule has 2 heteroatoms. The molecular weight excluding hydrogens is 150 g/mol. The molecule has 0 fully saturated rings. The monoisotopic (exact) mass is 159 g/mol. The second kappa shape index (κ2) is 2.48. The number of benzene rings is 1. The van der Waals surface area contributed by atoms with E-state index in [0.717, 1.165) is 16.5 Å². The van der Waals surface area contributed by atoms with Gasteiger partial charge in [-0.1, -0.05) is 0 Å². The molecule has 1 aromatic carbocycles. The maximum atomic E-state index is 9.19. The van der Waals surface area contributed by atoms with Crippen LogP contribution in [0, 0.1) is 6.92 Å². The fourth-order valence-electron chi connectivity index (χ4n) is 1.23. The van der Waals surface area contributed by atoms with Gasteiger partial charge in [-0.05, 0) is 36.8 Å². The van der Waals surface area contributed by atoms with Gasteiger partial charge in [0.25, 0.3) is 0 Å². The zero-order valence-electron chi connectivity index (χ0n) is 6.78. The number of hydrogen-bond donors (Lipinski definition) is 1. The number of pyridine rings is 1. The fourth-order valence-corrected chi connectivity index (χ4v) is 1.23. The molecule has 0 aliphatic heterocycles. The number of rotatable bonds is 0. The van der Waals surface area contributed by atoms with E-state index in [9.17, 15) is 5.11 Å². The van der Waals surface area contributed by atoms with Crippen molar-refractivity contribution in [3.8, 4) is 5.75 Å². The number of nitrogens with zero attached hydrogens (tertiary/aromatic N) is 1. The van der Waals surface area contributed by atoms with Crippen LogP contribution in [-0.2, 0) is 0 Å². The van der Waals surface area contributed by atoms with Crippen molar-refractivity contribution in [3.63, 3.8) is 0 Å². The van der Waals surface area contributed by atoms with Gasteiger partial charge in [0, 0.05) is 11.6 Å². The Morgan fingerprint density at radius 1 is 1.25 bits per heavy atom. The van der Waals surface area contributed by atoms with E-state index in [-0.39, 0.29) is 5.75 Å². The lowest BCUT2D eigenvalue weighted by atomic mass is 10.2. The largest absolute Gasteiger partial charge is 0.508 e. The average molecular weight is 159 g/mol. The van der Waals surface area contributed by atoms with Gasteiger partial charge in [-0.15, -0.1) is 0 Å². The molecule has 60 valence electrons. The van der Waals surface area contributed by atoms with Gasteiger partial charge >= 0.3 is 0 Å². The van der Waals surface area contributed by atoms with Gasteiger partial charge in [-0.2, -0.15) is 0 Å². The minimum Gasteiger partial charge on any atom is -0.508 e. The van der Waals surface area contributed by atoms with Gasteiger partial charge < -0.3 is 5.11 Å². The normalized spacial score (nSPS) is 10.4. The van der Waals surface area contributed by atoms with E-state index in [4.69, 9.17) is 0 Å². The Morgan fingerprint density at radius 3 is 2.92 bits per heavy atom. The molecule has 1 aromatic heterocycles. The second-order valence-corrected chi connectivity index (χ2v) is 2.89. The summed E-state index contributed by atoms with van der Waals surface area (Å²) in [7, 11) is 0. The molecule has 2 aromatic rings. The molecule has 1 heterocycles. The van der Waals surface area contributed by atoms with E-state index in [1.54, 1.807) is 12.1 Å². The van der Waals surface area contributed by atoms with Crippen LogP contribution < -0.4 is 0 Å². The van der Waals surface area contributed by atoms with Crippen molar-refractivity contribution >= 4 is 10.9 Å². The van der Waals surface area contributed by atoms with Crippen molar-refractivity contribution in [3.05, 3.63) is 36.0 Å². The van der Waals surface area contributed by atoms with E-state index in [0.29, 0.717) is 0 Å². The van der Waals surface area contributed by atoms with Crippen molar-refractivity contribution in [1.29, 1.82) is 0 Å². The highest BCUT2D eigenvalue weighted by molar-refractivity contribution is 5.80. The SMILES string of the molecule is Cc1cnc2ccc(O)cc2c1. The Kier molecular flexibility index (Phi) is 1.47. The molecule has 0 bridgehead atoms. The lowest BCUT2D eigenvalue weighted by Gasteiger charge is -1.98. The van der Waals surface area contributed by atoms with Crippen molar-refractivity contribution < 1.29 is 5.11 Å². The van der Waals surface area contributed by atoms with Crippen molar-refractivity contribution in [1.82, 2.24) is 4.98 Å². The summed E-state index contributed by atoms with van der Waals surface area (Å²) in [5.41, 5.74) is 2.02. The van der Waals surface area contributed by atoms with E-state index in [1.807, 2.05) is 25.3 Å². The van der Waals surface area contributed by atoms with Gasteiger partial charge in [-0.3, -0.25) is 4.98 Å². The summed E-state index contributed by atoms with van der Waals surface area (Å²) < 4.78 is 0. The Balaban J connectivity index is 2.80. The number of phenolic OH excluding ortho intramolecular Hbond substituents is 1. The Morgan fingerprint density at radius 2 is 2.08 bits per heavy atom. The number of phenols is 1. The third-order valence-electron chi connectivity index (χ3n) is 1.80. The quantitative estimate of drug-likeness (QED) is 0.639. The zero-order chi connectivity index (χ0) is 8.55. The summed E-state index contributed by atoms with van der Waals surface area (Å²) >= 11 is 0. The first kappa shape index (κ1) is 7.10. The number of aromatic nitrogens is 1. The van der Waals surface area contributed by atoms with Gasteiger partial charge in [0.05, 0.1) is 5.52 Å². The minimum atomic E-state index is 0.287. The van der Waals surface area contributed by atoms with E-state index in [1.165, 1.54) is 0 Å². The fraction of sp³-hybridized carbons (Fsp3) is 0.100. The van der Waals surface area contributed by atoms with Crippen LogP contribution in [0.5, 0.6) is 5.75 Å². The highest BCUT2D eigenvalue weighted by Gasteiger charge is 1.95. The first-order chi connectivity index (χ1) is 5.75. The molecule has 0 aliphatic carbocycles. The van der Waals surface area contributed by atoms with Gasteiger partial charge in [0.15, 0.2) is 0 Å². The first-order valence-corrected chi connectivity index (χ1v) is 3.81. The Labute approximate surface area is 70.5 Å². The molecule has 2 rings (SSSR count). The summed E-state index contributed by atoms with van der Waals surface area (Å²) in [6.45, 7) is 1.98. The zero-order valence-corrected chi connectivity index (χ0v) is 6.78. The average Bonchev–Trinajstić information content (AvgIpc) is 2.03. The van der Waals surface area contributed by atoms with E-state index in [2.05, 4.69) is 4.98 Å². The summed E-state index contributed by atoms with van der Waals surface area (Å²) in [4.78, 5) is 4.21. The third-order valence-corrected chi connectivity index (χ3v) is 1.80. The maximum Gasteiger partial charge on any atom is 0.116 e. The van der Waals surface area contributed by atoms with Gasteiger partial charge in [0.1, 0.15) is 5.75 Å². The van der Waals surface area contributed by atoms with E-state index >= 15 is 0 Å². The van der Waals surface area contributed by atoms with Crippen LogP contribution in [0.2, 0.25) is 0 Å². The molecule has 0 spiro atoms. The molecular formula is C10H9NO. The molecule has 0 unspecified atom stereocenters. The van der Waals surface area contributed by atoms with Gasteiger partial charge in [-0.25, -0.2) is 0 Å². The van der Waals surface area contributed by atoms with E-state index < -0.39 is 0 Å². The predicted molar refractivity (Wildman–Crippen MR) is 48.1 cm³/mol. The molecule has 0 amide bonds. The molecule has 1 N–H and O–H groups in total. The molecule has 0 radical (unpaired) electrons. The molecule has 0 aliphatic rings. The summed E-state index contributed by atoms with van der Waals surface area (Å²) in [6, 6.07) is 7.17. The Hall–Kier alpha value is -1.57. The summed E-state index contributed by atoms with van der Waals surface area (Å²) in [5.74, 6) is 0.287. The Bertz CT molecular complexity index is 386. The van der Waals surface area contributed by atoms with Gasteiger partial charge in [0.2, 0.25) is 0 Å². The standard InChI is InChI=1S/C10H9NO/c1-7-4-8-5-9(12)2-3-10(8)11-6-7/h2-6,12H,1H3. The highest BCUT2D eigenvalue weighted by atomic mass is 16.3. The smallest absolute Gasteiger partial charge is 0.116 e. The van der Waals surface area contributed by atoms with Crippen LogP contribution in [0.3, 0.4) is 0 Å².